The SMILES string of the molecule is O=S(=O)(O)C1=CC2=CNON2C=C1. The number of hydroxylamine groups is 3. The van der Waals surface area contributed by atoms with E-state index in [0.29, 0.717) is 5.70 Å². The van der Waals surface area contributed by atoms with Gasteiger partial charge in [0.05, 0.1) is 16.8 Å². The van der Waals surface area contributed by atoms with Gasteiger partial charge in [-0.2, -0.15) is 13.4 Å². The largest absolute Gasteiger partial charge is 0.294 e. The number of rotatable bonds is 1. The molecular weight excluding hydrogens is 196 g/mol. The first-order chi connectivity index (χ1) is 6.07. The first-order valence-electron chi connectivity index (χ1n) is 3.37. The molecule has 2 aliphatic rings. The van der Waals surface area contributed by atoms with E-state index in [2.05, 4.69) is 5.48 Å². The summed E-state index contributed by atoms with van der Waals surface area (Å²) >= 11 is 0. The van der Waals surface area contributed by atoms with Gasteiger partial charge in [0.25, 0.3) is 10.1 Å². The number of hydrogen-bond donors (Lipinski definition) is 2. The van der Waals surface area contributed by atoms with E-state index in [-0.39, 0.29) is 4.91 Å². The molecule has 0 unspecified atom stereocenters. The van der Waals surface area contributed by atoms with Gasteiger partial charge in [-0.1, -0.05) is 0 Å². The molecule has 2 aliphatic heterocycles. The number of fused-ring (bicyclic) bond motifs is 1. The van der Waals surface area contributed by atoms with Gasteiger partial charge in [-0.05, 0) is 12.2 Å². The van der Waals surface area contributed by atoms with Gasteiger partial charge in [0.1, 0.15) is 0 Å². The van der Waals surface area contributed by atoms with Crippen molar-refractivity contribution in [3.8, 4) is 0 Å². The summed E-state index contributed by atoms with van der Waals surface area (Å²) in [6, 6.07) is 0. The lowest BCUT2D eigenvalue weighted by molar-refractivity contribution is -0.112. The smallest absolute Gasteiger partial charge is 0.282 e. The Bertz CT molecular complexity index is 420. The average Bonchev–Trinajstić information content (AvgIpc) is 2.47. The van der Waals surface area contributed by atoms with Crippen molar-refractivity contribution in [3.63, 3.8) is 0 Å². The zero-order valence-electron chi connectivity index (χ0n) is 6.34. The fourth-order valence-electron chi connectivity index (χ4n) is 0.977. The highest BCUT2D eigenvalue weighted by Gasteiger charge is 2.21. The second-order valence-electron chi connectivity index (χ2n) is 2.44. The van der Waals surface area contributed by atoms with Crippen molar-refractivity contribution >= 4 is 10.1 Å². The summed E-state index contributed by atoms with van der Waals surface area (Å²) in [6.45, 7) is 0. The molecule has 70 valence electrons. The third-order valence-corrected chi connectivity index (χ3v) is 2.42. The Kier molecular flexibility index (Phi) is 1.65. The molecule has 0 atom stereocenters. The molecule has 0 saturated carbocycles. The molecule has 0 aromatic rings. The van der Waals surface area contributed by atoms with E-state index in [4.69, 9.17) is 9.49 Å². The normalized spacial score (nSPS) is 20.5. The predicted octanol–water partition coefficient (Wildman–Crippen LogP) is -0.121. The van der Waals surface area contributed by atoms with Gasteiger partial charge in [0, 0.05) is 6.20 Å². The van der Waals surface area contributed by atoms with Crippen LogP contribution in [-0.4, -0.2) is 18.0 Å². The molecule has 0 bridgehead atoms. The number of allylic oxidation sites excluding steroid dienone is 2. The van der Waals surface area contributed by atoms with Crippen LogP contribution >= 0.6 is 0 Å². The van der Waals surface area contributed by atoms with Crippen LogP contribution in [0.1, 0.15) is 0 Å². The summed E-state index contributed by atoms with van der Waals surface area (Å²) in [6.07, 6.45) is 5.37. The van der Waals surface area contributed by atoms with E-state index in [1.807, 2.05) is 0 Å². The lowest BCUT2D eigenvalue weighted by atomic mass is 10.3. The van der Waals surface area contributed by atoms with Crippen molar-refractivity contribution in [2.75, 3.05) is 0 Å². The Hall–Kier alpha value is -1.31. The molecule has 7 heteroatoms. The molecule has 0 amide bonds. The van der Waals surface area contributed by atoms with Crippen molar-refractivity contribution in [2.24, 2.45) is 0 Å². The molecule has 2 N–H and O–H groups in total. The summed E-state index contributed by atoms with van der Waals surface area (Å²) in [5, 5.41) is 1.33. The predicted molar refractivity (Wildman–Crippen MR) is 42.9 cm³/mol. The van der Waals surface area contributed by atoms with Crippen LogP contribution in [0.25, 0.3) is 0 Å². The van der Waals surface area contributed by atoms with Crippen LogP contribution in [0.2, 0.25) is 0 Å². The average molecular weight is 202 g/mol. The standard InChI is InChI=1S/C6H6N2O4S/c9-13(10,11)6-1-2-8-5(3-6)4-7-12-8/h1-4,7H,(H,9,10,11). The number of hydrogen-bond acceptors (Lipinski definition) is 5. The fourth-order valence-corrected chi connectivity index (χ4v) is 1.48. The Morgan fingerprint density at radius 1 is 1.54 bits per heavy atom. The van der Waals surface area contributed by atoms with E-state index in [1.54, 1.807) is 0 Å². The van der Waals surface area contributed by atoms with Gasteiger partial charge in [-0.15, -0.1) is 0 Å². The van der Waals surface area contributed by atoms with E-state index in [1.165, 1.54) is 29.6 Å². The molecule has 0 fully saturated rings. The molecular formula is C6H6N2O4S. The lowest BCUT2D eigenvalue weighted by Crippen LogP contribution is -2.17. The van der Waals surface area contributed by atoms with Crippen LogP contribution in [-0.2, 0) is 15.1 Å². The zero-order valence-corrected chi connectivity index (χ0v) is 7.15. The van der Waals surface area contributed by atoms with Gasteiger partial charge in [-0.25, -0.2) is 10.5 Å². The fraction of sp³-hybridized carbons (Fsp3) is 0. The zero-order chi connectivity index (χ0) is 9.47. The van der Waals surface area contributed by atoms with E-state index < -0.39 is 10.1 Å². The van der Waals surface area contributed by atoms with Crippen molar-refractivity contribution in [1.29, 1.82) is 0 Å². The first kappa shape index (κ1) is 8.30. The summed E-state index contributed by atoms with van der Waals surface area (Å²) < 4.78 is 30.1. The van der Waals surface area contributed by atoms with Gasteiger partial charge < -0.3 is 0 Å². The maximum Gasteiger partial charge on any atom is 0.294 e. The highest BCUT2D eigenvalue weighted by molar-refractivity contribution is 7.90. The quantitative estimate of drug-likeness (QED) is 0.577. The van der Waals surface area contributed by atoms with Crippen LogP contribution in [0.15, 0.2) is 35.2 Å². The molecule has 0 radical (unpaired) electrons. The van der Waals surface area contributed by atoms with E-state index >= 15 is 0 Å². The Labute approximate surface area is 74.4 Å². The molecule has 2 heterocycles. The van der Waals surface area contributed by atoms with Crippen molar-refractivity contribution in [2.45, 2.75) is 0 Å². The van der Waals surface area contributed by atoms with Crippen LogP contribution in [0.4, 0.5) is 0 Å². The molecule has 0 aliphatic carbocycles. The molecule has 0 spiro atoms. The first-order valence-corrected chi connectivity index (χ1v) is 4.81. The maximum atomic E-state index is 10.7. The molecule has 6 nitrogen and oxygen atoms in total. The Balaban J connectivity index is 2.41. The summed E-state index contributed by atoms with van der Waals surface area (Å²) in [4.78, 5) is 4.64. The third kappa shape index (κ3) is 1.44. The minimum Gasteiger partial charge on any atom is -0.282 e. The van der Waals surface area contributed by atoms with E-state index in [0.717, 1.165) is 0 Å². The molecule has 0 aromatic heterocycles. The highest BCUT2D eigenvalue weighted by atomic mass is 32.2. The maximum absolute atomic E-state index is 10.7. The number of nitrogens with one attached hydrogen (secondary N) is 1. The molecule has 13 heavy (non-hydrogen) atoms. The molecule has 0 saturated heterocycles. The molecule has 0 aromatic carbocycles. The van der Waals surface area contributed by atoms with Crippen LogP contribution in [0.5, 0.6) is 0 Å². The summed E-state index contributed by atoms with van der Waals surface area (Å²) in [7, 11) is -4.14. The van der Waals surface area contributed by atoms with Crippen LogP contribution < -0.4 is 5.48 Å². The minimum absolute atomic E-state index is 0.165. The van der Waals surface area contributed by atoms with Crippen molar-refractivity contribution < 1.29 is 17.9 Å². The van der Waals surface area contributed by atoms with Gasteiger partial charge in [0.2, 0.25) is 0 Å². The monoisotopic (exact) mass is 202 g/mol. The minimum atomic E-state index is -4.14. The summed E-state index contributed by atoms with van der Waals surface area (Å²) in [5.74, 6) is 0. The van der Waals surface area contributed by atoms with Crippen LogP contribution in [0.3, 0.4) is 0 Å². The molecule has 2 rings (SSSR count). The van der Waals surface area contributed by atoms with E-state index in [9.17, 15) is 8.42 Å². The van der Waals surface area contributed by atoms with Crippen LogP contribution in [0, 0.1) is 0 Å². The third-order valence-electron chi connectivity index (χ3n) is 1.57. The topological polar surface area (TPSA) is 78.9 Å². The second kappa shape index (κ2) is 2.59. The van der Waals surface area contributed by atoms with Gasteiger partial charge in [0.15, 0.2) is 0 Å². The summed E-state index contributed by atoms with van der Waals surface area (Å²) in [5.41, 5.74) is 2.94. The lowest BCUT2D eigenvalue weighted by Gasteiger charge is -2.15. The Morgan fingerprint density at radius 3 is 3.00 bits per heavy atom. The van der Waals surface area contributed by atoms with Gasteiger partial charge >= 0.3 is 0 Å². The highest BCUT2D eigenvalue weighted by Crippen LogP contribution is 2.21. The second-order valence-corrected chi connectivity index (χ2v) is 3.86. The van der Waals surface area contributed by atoms with Crippen molar-refractivity contribution in [3.05, 3.63) is 35.2 Å². The van der Waals surface area contributed by atoms with Crippen molar-refractivity contribution in [1.82, 2.24) is 10.5 Å². The number of nitrogens with zero attached hydrogens (tertiary/aromatic N) is 1. The Morgan fingerprint density at radius 2 is 2.31 bits per heavy atom. The van der Waals surface area contributed by atoms with Gasteiger partial charge in [-0.3, -0.25) is 4.55 Å².